The van der Waals surface area contributed by atoms with Crippen LogP contribution in [0.5, 0.6) is 0 Å². The number of alkyl halides is 2. The molecule has 10 nitrogen and oxygen atoms in total. The normalized spacial score (nSPS) is 21.4. The number of sulfone groups is 1. The Labute approximate surface area is 218 Å². The highest BCUT2D eigenvalue weighted by Crippen LogP contribution is 2.33. The third-order valence-electron chi connectivity index (χ3n) is 6.59. The van der Waals surface area contributed by atoms with E-state index in [1.54, 1.807) is 6.92 Å². The zero-order valence-electron chi connectivity index (χ0n) is 21.4. The molecule has 0 aromatic carbocycles. The summed E-state index contributed by atoms with van der Waals surface area (Å²) in [5.41, 5.74) is -1.97. The van der Waals surface area contributed by atoms with Gasteiger partial charge in [-0.1, -0.05) is 0 Å². The van der Waals surface area contributed by atoms with Crippen LogP contribution in [0, 0.1) is 0 Å². The van der Waals surface area contributed by atoms with Crippen LogP contribution in [-0.4, -0.2) is 82.4 Å². The van der Waals surface area contributed by atoms with Crippen molar-refractivity contribution in [3.8, 4) is 0 Å². The van der Waals surface area contributed by atoms with Crippen LogP contribution >= 0.6 is 0 Å². The molecule has 1 fully saturated rings. The monoisotopic (exact) mass is 557 g/mol. The van der Waals surface area contributed by atoms with Gasteiger partial charge in [0.05, 0.1) is 17.1 Å². The molecule has 38 heavy (non-hydrogen) atoms. The molecule has 2 aliphatic rings. The number of fused-ring (bicyclic) bond motifs is 1. The highest BCUT2D eigenvalue weighted by atomic mass is 32.2. The van der Waals surface area contributed by atoms with Crippen molar-refractivity contribution in [3.63, 3.8) is 0 Å². The molecular formula is C24H30F3N5O5S. The Morgan fingerprint density at radius 1 is 1.34 bits per heavy atom. The number of aliphatic hydroxyl groups is 1. The third kappa shape index (κ3) is 5.86. The van der Waals surface area contributed by atoms with E-state index in [0.29, 0.717) is 0 Å². The molecule has 2 N–H and O–H groups in total. The number of hydrogen-bond acceptors (Lipinski definition) is 8. The maximum Gasteiger partial charge on any atom is 0.261 e. The first-order valence-corrected chi connectivity index (χ1v) is 13.8. The summed E-state index contributed by atoms with van der Waals surface area (Å²) in [6.07, 6.45) is 0.450. The number of aromatic nitrogens is 3. The zero-order chi connectivity index (χ0) is 28.0. The van der Waals surface area contributed by atoms with Gasteiger partial charge in [-0.05, 0) is 45.8 Å². The van der Waals surface area contributed by atoms with E-state index >= 15 is 4.39 Å². The predicted molar refractivity (Wildman–Crippen MR) is 134 cm³/mol. The number of likely N-dealkylation sites (N-methyl/N-ethyl adjacent to an activating group) is 1. The van der Waals surface area contributed by atoms with Gasteiger partial charge in [0, 0.05) is 30.4 Å². The molecule has 2 aliphatic heterocycles. The minimum absolute atomic E-state index is 0.0257. The van der Waals surface area contributed by atoms with Gasteiger partial charge in [-0.3, -0.25) is 4.79 Å². The molecule has 1 atom stereocenters. The van der Waals surface area contributed by atoms with Crippen molar-refractivity contribution in [1.29, 1.82) is 0 Å². The lowest BCUT2D eigenvalue weighted by molar-refractivity contribution is -0.0503. The highest BCUT2D eigenvalue weighted by molar-refractivity contribution is 7.91. The molecule has 14 heteroatoms. The van der Waals surface area contributed by atoms with Gasteiger partial charge >= 0.3 is 0 Å². The standard InChI is InChI=1S/C24H30F3N5O5S/c1-23(2,34)20-15-9-14(22(33)29-24(3)5-7-38(35,36)8-6-24)11-28-21(15)32(30-20)17-10-19(37-13-18(26)27)31(4)12-16(17)25/h9-12,18-19,34H,5-8,13H2,1-4H3,(H,29,33). The summed E-state index contributed by atoms with van der Waals surface area (Å²) in [5, 5.41) is 18.3. The number of halogens is 3. The van der Waals surface area contributed by atoms with Crippen molar-refractivity contribution >= 4 is 32.5 Å². The van der Waals surface area contributed by atoms with E-state index in [9.17, 15) is 27.1 Å². The van der Waals surface area contributed by atoms with Crippen LogP contribution in [0.3, 0.4) is 0 Å². The Bertz CT molecular complexity index is 1400. The summed E-state index contributed by atoms with van der Waals surface area (Å²) < 4.78 is 70.3. The van der Waals surface area contributed by atoms with E-state index < -0.39 is 52.0 Å². The summed E-state index contributed by atoms with van der Waals surface area (Å²) in [5.74, 6) is -1.27. The van der Waals surface area contributed by atoms with E-state index in [4.69, 9.17) is 4.74 Å². The summed E-state index contributed by atoms with van der Waals surface area (Å²) >= 11 is 0. The van der Waals surface area contributed by atoms with Gasteiger partial charge in [-0.2, -0.15) is 5.10 Å². The van der Waals surface area contributed by atoms with Crippen molar-refractivity contribution in [2.45, 2.75) is 57.4 Å². The highest BCUT2D eigenvalue weighted by Gasteiger charge is 2.35. The van der Waals surface area contributed by atoms with Crippen LogP contribution in [0.25, 0.3) is 16.7 Å². The first-order valence-electron chi connectivity index (χ1n) is 11.9. The molecule has 4 heterocycles. The molecular weight excluding hydrogens is 527 g/mol. The summed E-state index contributed by atoms with van der Waals surface area (Å²) in [6.45, 7) is 3.86. The number of amides is 1. The molecule has 1 unspecified atom stereocenters. The molecule has 0 spiro atoms. The van der Waals surface area contributed by atoms with E-state index in [-0.39, 0.29) is 52.3 Å². The summed E-state index contributed by atoms with van der Waals surface area (Å²) in [4.78, 5) is 18.7. The van der Waals surface area contributed by atoms with Crippen LogP contribution < -0.4 is 5.32 Å². The van der Waals surface area contributed by atoms with Crippen LogP contribution in [-0.2, 0) is 20.2 Å². The van der Waals surface area contributed by atoms with Gasteiger partial charge in [0.2, 0.25) is 0 Å². The zero-order valence-corrected chi connectivity index (χ0v) is 22.2. The number of hydrogen-bond donors (Lipinski definition) is 2. The number of carbonyl (C=O) groups excluding carboxylic acids is 1. The second kappa shape index (κ2) is 9.97. The molecule has 0 saturated carbocycles. The Morgan fingerprint density at radius 3 is 2.61 bits per heavy atom. The minimum atomic E-state index is -3.13. The van der Waals surface area contributed by atoms with Crippen LogP contribution in [0.1, 0.15) is 49.7 Å². The molecule has 1 saturated heterocycles. The quantitative estimate of drug-likeness (QED) is 0.532. The Balaban J connectivity index is 1.71. The number of nitrogens with zero attached hydrogens (tertiary/aromatic N) is 4. The van der Waals surface area contributed by atoms with E-state index in [2.05, 4.69) is 15.4 Å². The smallest absolute Gasteiger partial charge is 0.261 e. The van der Waals surface area contributed by atoms with Gasteiger partial charge in [-0.25, -0.2) is 31.3 Å². The predicted octanol–water partition coefficient (Wildman–Crippen LogP) is 2.56. The third-order valence-corrected chi connectivity index (χ3v) is 8.25. The lowest BCUT2D eigenvalue weighted by atomic mass is 9.94. The van der Waals surface area contributed by atoms with Gasteiger partial charge in [0.25, 0.3) is 12.3 Å². The maximum absolute atomic E-state index is 15.0. The number of pyridine rings is 1. The number of carbonyl (C=O) groups is 1. The van der Waals surface area contributed by atoms with Crippen molar-refractivity contribution < 1.29 is 36.2 Å². The summed E-state index contributed by atoms with van der Waals surface area (Å²) in [6, 6.07) is 1.47. The van der Waals surface area contributed by atoms with Crippen molar-refractivity contribution in [1.82, 2.24) is 25.0 Å². The van der Waals surface area contributed by atoms with Crippen molar-refractivity contribution in [2.24, 2.45) is 0 Å². The topological polar surface area (TPSA) is 127 Å². The van der Waals surface area contributed by atoms with Gasteiger partial charge in [0.1, 0.15) is 33.4 Å². The Hall–Kier alpha value is -2.97. The Kier molecular flexibility index (Phi) is 7.36. The molecule has 208 valence electrons. The molecule has 0 bridgehead atoms. The van der Waals surface area contributed by atoms with Crippen LogP contribution in [0.4, 0.5) is 13.2 Å². The average Bonchev–Trinajstić information content (AvgIpc) is 3.20. The number of allylic oxidation sites excluding steroid dienone is 2. The molecule has 0 aliphatic carbocycles. The second-order valence-corrected chi connectivity index (χ2v) is 12.7. The minimum Gasteiger partial charge on any atom is -0.384 e. The lowest BCUT2D eigenvalue weighted by Gasteiger charge is -2.34. The van der Waals surface area contributed by atoms with E-state index in [0.717, 1.165) is 10.9 Å². The lowest BCUT2D eigenvalue weighted by Crippen LogP contribution is -2.50. The number of rotatable bonds is 7. The van der Waals surface area contributed by atoms with Crippen LogP contribution in [0.2, 0.25) is 0 Å². The first-order chi connectivity index (χ1) is 17.6. The van der Waals surface area contributed by atoms with Gasteiger partial charge < -0.3 is 20.1 Å². The summed E-state index contributed by atoms with van der Waals surface area (Å²) in [7, 11) is -1.65. The first kappa shape index (κ1) is 28.0. The molecule has 1 amide bonds. The van der Waals surface area contributed by atoms with E-state index in [1.165, 1.54) is 44.1 Å². The second-order valence-electron chi connectivity index (χ2n) is 10.4. The molecule has 2 aromatic rings. The maximum atomic E-state index is 15.0. The van der Waals surface area contributed by atoms with Gasteiger partial charge in [0.15, 0.2) is 17.7 Å². The fourth-order valence-electron chi connectivity index (χ4n) is 4.37. The van der Waals surface area contributed by atoms with Gasteiger partial charge in [-0.15, -0.1) is 0 Å². The fourth-order valence-corrected chi connectivity index (χ4v) is 6.09. The molecule has 4 rings (SSSR count). The largest absolute Gasteiger partial charge is 0.384 e. The Morgan fingerprint density at radius 2 is 2.00 bits per heavy atom. The number of nitrogens with one attached hydrogen (secondary N) is 1. The molecule has 0 radical (unpaired) electrons. The molecule has 2 aromatic heterocycles. The van der Waals surface area contributed by atoms with Crippen LogP contribution in [0.15, 0.2) is 30.4 Å². The fraction of sp³-hybridized carbons (Fsp3) is 0.542. The van der Waals surface area contributed by atoms with Crippen molar-refractivity contribution in [2.75, 3.05) is 25.2 Å². The average molecular weight is 558 g/mol. The van der Waals surface area contributed by atoms with Crippen molar-refractivity contribution in [3.05, 3.63) is 41.6 Å². The SMILES string of the molecule is CN1C=C(F)C(n2nc(C(C)(C)O)c3cc(C(=O)NC4(C)CCS(=O)(=O)CC4)cnc32)=CC1OCC(F)F. The van der Waals surface area contributed by atoms with E-state index in [1.807, 2.05) is 0 Å². The number of ether oxygens (including phenoxy) is 1.